The van der Waals surface area contributed by atoms with E-state index in [9.17, 15) is 4.79 Å². The van der Waals surface area contributed by atoms with Crippen molar-refractivity contribution in [1.82, 2.24) is 5.32 Å². The van der Waals surface area contributed by atoms with E-state index in [0.29, 0.717) is 13.0 Å². The van der Waals surface area contributed by atoms with Gasteiger partial charge >= 0.3 is 0 Å². The summed E-state index contributed by atoms with van der Waals surface area (Å²) in [5.41, 5.74) is 5.75. The standard InChI is InChI=1S/C24H24N2O.3C2H6/c27-24(16-17-25-18-19-8-2-1-3-9-19)26-22-12-6-4-10-20(22)14-15-21-11-5-7-13-23(21)26;3*1-2/h1-13,25H,14-18H2;3*1-2H3. The summed E-state index contributed by atoms with van der Waals surface area (Å²) in [6.45, 7) is 13.4. The zero-order valence-corrected chi connectivity index (χ0v) is 21.4. The second-order valence-corrected chi connectivity index (χ2v) is 6.90. The van der Waals surface area contributed by atoms with Gasteiger partial charge in [-0.1, -0.05) is 108 Å². The first kappa shape index (κ1) is 28.1. The molecule has 1 heterocycles. The molecule has 33 heavy (non-hydrogen) atoms. The smallest absolute Gasteiger partial charge is 0.232 e. The van der Waals surface area contributed by atoms with E-state index in [2.05, 4.69) is 53.8 Å². The number of benzene rings is 3. The van der Waals surface area contributed by atoms with Crippen LogP contribution in [0.25, 0.3) is 0 Å². The van der Waals surface area contributed by atoms with Crippen LogP contribution in [0.5, 0.6) is 0 Å². The van der Waals surface area contributed by atoms with Gasteiger partial charge < -0.3 is 5.32 Å². The monoisotopic (exact) mass is 446 g/mol. The highest BCUT2D eigenvalue weighted by Gasteiger charge is 2.24. The van der Waals surface area contributed by atoms with Gasteiger partial charge in [-0.3, -0.25) is 9.69 Å². The van der Waals surface area contributed by atoms with Gasteiger partial charge in [0.1, 0.15) is 0 Å². The lowest BCUT2D eigenvalue weighted by Crippen LogP contribution is -2.30. The van der Waals surface area contributed by atoms with Crippen LogP contribution >= 0.6 is 0 Å². The predicted octanol–water partition coefficient (Wildman–Crippen LogP) is 7.71. The first-order chi connectivity index (χ1) is 16.3. The fourth-order valence-electron chi connectivity index (χ4n) is 3.68. The number of aryl methyl sites for hydroxylation is 2. The lowest BCUT2D eigenvalue weighted by atomic mass is 10.0. The van der Waals surface area contributed by atoms with Crippen molar-refractivity contribution in [2.75, 3.05) is 11.4 Å². The Morgan fingerprint density at radius 1 is 0.697 bits per heavy atom. The molecule has 0 atom stereocenters. The molecule has 1 amide bonds. The average molecular weight is 447 g/mol. The Labute approximate surface area is 201 Å². The van der Waals surface area contributed by atoms with Crippen LogP contribution < -0.4 is 10.2 Å². The Kier molecular flexibility index (Phi) is 14.2. The number of nitrogens with one attached hydrogen (secondary N) is 1. The molecule has 0 saturated carbocycles. The van der Waals surface area contributed by atoms with E-state index in [0.717, 1.165) is 30.8 Å². The summed E-state index contributed by atoms with van der Waals surface area (Å²) in [5, 5.41) is 3.39. The fourth-order valence-corrected chi connectivity index (χ4v) is 3.68. The highest BCUT2D eigenvalue weighted by atomic mass is 16.2. The van der Waals surface area contributed by atoms with Gasteiger partial charge in [-0.05, 0) is 41.7 Å². The summed E-state index contributed by atoms with van der Waals surface area (Å²) in [6.07, 6.45) is 2.39. The number of hydrogen-bond donors (Lipinski definition) is 1. The third-order valence-electron chi connectivity index (χ3n) is 5.07. The van der Waals surface area contributed by atoms with E-state index >= 15 is 0 Å². The number of fused-ring (bicyclic) bond motifs is 2. The maximum atomic E-state index is 13.2. The summed E-state index contributed by atoms with van der Waals surface area (Å²) < 4.78 is 0. The molecule has 1 aliphatic rings. The lowest BCUT2D eigenvalue weighted by molar-refractivity contribution is -0.117. The Balaban J connectivity index is 0.000000841. The molecule has 3 aromatic rings. The molecule has 3 aromatic carbocycles. The number of amides is 1. The van der Waals surface area contributed by atoms with Crippen molar-refractivity contribution in [1.29, 1.82) is 0 Å². The Morgan fingerprint density at radius 2 is 1.15 bits per heavy atom. The number of para-hydroxylation sites is 2. The Hall–Kier alpha value is -2.91. The molecule has 178 valence electrons. The van der Waals surface area contributed by atoms with E-state index < -0.39 is 0 Å². The largest absolute Gasteiger partial charge is 0.312 e. The van der Waals surface area contributed by atoms with Crippen LogP contribution in [0.1, 0.15) is 64.7 Å². The van der Waals surface area contributed by atoms with Crippen LogP contribution in [0.2, 0.25) is 0 Å². The molecule has 0 fully saturated rings. The van der Waals surface area contributed by atoms with Gasteiger partial charge in [-0.15, -0.1) is 0 Å². The second kappa shape index (κ2) is 16.7. The van der Waals surface area contributed by atoms with Crippen molar-refractivity contribution in [2.24, 2.45) is 0 Å². The molecular formula is C30H42N2O. The average Bonchev–Trinajstić information content (AvgIpc) is 3.08. The summed E-state index contributed by atoms with van der Waals surface area (Å²) in [6, 6.07) is 26.8. The molecule has 4 rings (SSSR count). The highest BCUT2D eigenvalue weighted by molar-refractivity contribution is 6.02. The Morgan fingerprint density at radius 3 is 1.67 bits per heavy atom. The molecule has 0 spiro atoms. The summed E-state index contributed by atoms with van der Waals surface area (Å²) >= 11 is 0. The minimum atomic E-state index is 0.136. The van der Waals surface area contributed by atoms with Crippen LogP contribution in [0.3, 0.4) is 0 Å². The zero-order chi connectivity index (χ0) is 24.5. The molecule has 3 heteroatoms. The number of anilines is 2. The molecule has 0 radical (unpaired) electrons. The topological polar surface area (TPSA) is 32.3 Å². The van der Waals surface area contributed by atoms with E-state index in [1.54, 1.807) is 0 Å². The normalized spacial score (nSPS) is 11.0. The van der Waals surface area contributed by atoms with Crippen molar-refractivity contribution in [3.63, 3.8) is 0 Å². The highest BCUT2D eigenvalue weighted by Crippen LogP contribution is 2.36. The molecule has 0 aromatic heterocycles. The van der Waals surface area contributed by atoms with Crippen LogP contribution in [-0.4, -0.2) is 12.5 Å². The van der Waals surface area contributed by atoms with E-state index in [1.807, 2.05) is 76.8 Å². The molecule has 3 nitrogen and oxygen atoms in total. The minimum absolute atomic E-state index is 0.136. The van der Waals surface area contributed by atoms with Crippen molar-refractivity contribution in [2.45, 2.75) is 67.3 Å². The molecule has 1 aliphatic heterocycles. The van der Waals surface area contributed by atoms with E-state index in [4.69, 9.17) is 0 Å². The number of hydrogen-bond acceptors (Lipinski definition) is 2. The molecule has 0 aliphatic carbocycles. The summed E-state index contributed by atoms with van der Waals surface area (Å²) in [4.78, 5) is 15.1. The molecule has 0 bridgehead atoms. The maximum Gasteiger partial charge on any atom is 0.232 e. The lowest BCUT2D eigenvalue weighted by Gasteiger charge is -2.25. The fraction of sp³-hybridized carbons (Fsp3) is 0.367. The van der Waals surface area contributed by atoms with E-state index in [-0.39, 0.29) is 5.91 Å². The van der Waals surface area contributed by atoms with E-state index in [1.165, 1.54) is 16.7 Å². The van der Waals surface area contributed by atoms with Gasteiger partial charge in [-0.25, -0.2) is 0 Å². The molecule has 0 unspecified atom stereocenters. The predicted molar refractivity (Wildman–Crippen MR) is 144 cm³/mol. The molecule has 1 N–H and O–H groups in total. The van der Waals surface area contributed by atoms with Gasteiger partial charge in [0.25, 0.3) is 0 Å². The van der Waals surface area contributed by atoms with Crippen LogP contribution in [0.4, 0.5) is 11.4 Å². The van der Waals surface area contributed by atoms with Crippen molar-refractivity contribution in [3.8, 4) is 0 Å². The maximum absolute atomic E-state index is 13.2. The van der Waals surface area contributed by atoms with Crippen LogP contribution in [0, 0.1) is 0 Å². The number of carbonyl (C=O) groups is 1. The summed E-state index contributed by atoms with van der Waals surface area (Å²) in [7, 11) is 0. The van der Waals surface area contributed by atoms with Crippen molar-refractivity contribution < 1.29 is 4.79 Å². The SMILES string of the molecule is CC.CC.CC.O=C(CCNCc1ccccc1)N1c2ccccc2CCc2ccccc21. The third kappa shape index (κ3) is 8.18. The second-order valence-electron chi connectivity index (χ2n) is 6.90. The van der Waals surface area contributed by atoms with Gasteiger partial charge in [-0.2, -0.15) is 0 Å². The molecule has 0 saturated heterocycles. The summed E-state index contributed by atoms with van der Waals surface area (Å²) in [5.74, 6) is 0.136. The van der Waals surface area contributed by atoms with Gasteiger partial charge in [0, 0.05) is 19.5 Å². The van der Waals surface area contributed by atoms with Crippen molar-refractivity contribution >= 4 is 17.3 Å². The third-order valence-corrected chi connectivity index (χ3v) is 5.07. The first-order valence-corrected chi connectivity index (χ1v) is 12.6. The van der Waals surface area contributed by atoms with Gasteiger partial charge in [0.2, 0.25) is 5.91 Å². The number of carbonyl (C=O) groups excluding carboxylic acids is 1. The molecular weight excluding hydrogens is 404 g/mol. The first-order valence-electron chi connectivity index (χ1n) is 12.6. The zero-order valence-electron chi connectivity index (χ0n) is 21.4. The van der Waals surface area contributed by atoms with Gasteiger partial charge in [0.05, 0.1) is 11.4 Å². The van der Waals surface area contributed by atoms with Gasteiger partial charge in [0.15, 0.2) is 0 Å². The van der Waals surface area contributed by atoms with Crippen LogP contribution in [-0.2, 0) is 24.2 Å². The number of rotatable bonds is 5. The Bertz CT molecular complexity index is 874. The van der Waals surface area contributed by atoms with Crippen molar-refractivity contribution in [3.05, 3.63) is 95.6 Å². The quantitative estimate of drug-likeness (QED) is 0.407. The number of nitrogens with zero attached hydrogens (tertiary/aromatic N) is 1. The minimum Gasteiger partial charge on any atom is -0.312 e. The van der Waals surface area contributed by atoms with Crippen LogP contribution in [0.15, 0.2) is 78.9 Å².